The Hall–Kier alpha value is -0.530. The molecule has 1 saturated heterocycles. The van der Waals surface area contributed by atoms with Gasteiger partial charge >= 0.3 is 0 Å². The number of hydrogen-bond acceptors (Lipinski definition) is 1. The standard InChI is InChI=1S/C17H29NO/c1-3-17(4-2)9-11-18(12-10-17)16(19)15-13-7-5-6-8-14(13)15/h13-15H,3-12H2,1-2H3. The van der Waals surface area contributed by atoms with E-state index >= 15 is 0 Å². The van der Waals surface area contributed by atoms with Crippen LogP contribution in [-0.4, -0.2) is 23.9 Å². The molecule has 2 aliphatic carbocycles. The predicted molar refractivity (Wildman–Crippen MR) is 77.8 cm³/mol. The Morgan fingerprint density at radius 2 is 1.58 bits per heavy atom. The number of amides is 1. The lowest BCUT2D eigenvalue weighted by molar-refractivity contribution is -0.135. The van der Waals surface area contributed by atoms with E-state index in [2.05, 4.69) is 18.7 Å². The van der Waals surface area contributed by atoms with E-state index in [4.69, 9.17) is 0 Å². The molecule has 0 aromatic heterocycles. The number of carbonyl (C=O) groups is 1. The molecule has 2 saturated carbocycles. The van der Waals surface area contributed by atoms with Crippen LogP contribution >= 0.6 is 0 Å². The van der Waals surface area contributed by atoms with Gasteiger partial charge in [-0.05, 0) is 42.9 Å². The van der Waals surface area contributed by atoms with Crippen molar-refractivity contribution in [2.75, 3.05) is 13.1 Å². The van der Waals surface area contributed by atoms with Crippen molar-refractivity contribution in [2.24, 2.45) is 23.2 Å². The topological polar surface area (TPSA) is 20.3 Å². The summed E-state index contributed by atoms with van der Waals surface area (Å²) in [6.45, 7) is 6.68. The molecular formula is C17H29NO. The fourth-order valence-electron chi connectivity index (χ4n) is 4.73. The minimum absolute atomic E-state index is 0.429. The zero-order valence-electron chi connectivity index (χ0n) is 12.7. The molecule has 1 aliphatic heterocycles. The molecule has 108 valence electrons. The summed E-state index contributed by atoms with van der Waals surface area (Å²) in [6.07, 6.45) is 10.4. The monoisotopic (exact) mass is 263 g/mol. The van der Waals surface area contributed by atoms with E-state index in [1.165, 1.54) is 51.4 Å². The fraction of sp³-hybridized carbons (Fsp3) is 0.941. The van der Waals surface area contributed by atoms with E-state index in [-0.39, 0.29) is 0 Å². The third-order valence-electron chi connectivity index (χ3n) is 6.58. The van der Waals surface area contributed by atoms with Crippen LogP contribution < -0.4 is 0 Å². The Balaban J connectivity index is 1.56. The van der Waals surface area contributed by atoms with Crippen molar-refractivity contribution < 1.29 is 4.79 Å². The van der Waals surface area contributed by atoms with Gasteiger partial charge in [-0.2, -0.15) is 0 Å². The van der Waals surface area contributed by atoms with Crippen LogP contribution in [0.25, 0.3) is 0 Å². The molecule has 2 nitrogen and oxygen atoms in total. The maximum Gasteiger partial charge on any atom is 0.226 e. The molecule has 19 heavy (non-hydrogen) atoms. The lowest BCUT2D eigenvalue weighted by atomic mass is 9.74. The molecule has 0 aromatic carbocycles. The van der Waals surface area contributed by atoms with Crippen molar-refractivity contribution in [3.05, 3.63) is 0 Å². The van der Waals surface area contributed by atoms with Crippen LogP contribution in [0.5, 0.6) is 0 Å². The van der Waals surface area contributed by atoms with Crippen molar-refractivity contribution in [3.8, 4) is 0 Å². The summed E-state index contributed by atoms with van der Waals surface area (Å²) >= 11 is 0. The second kappa shape index (κ2) is 5.10. The Kier molecular flexibility index (Phi) is 3.61. The quantitative estimate of drug-likeness (QED) is 0.757. The Bertz CT molecular complexity index is 325. The van der Waals surface area contributed by atoms with E-state index in [1.807, 2.05) is 0 Å². The average Bonchev–Trinajstić information content (AvgIpc) is 3.21. The Labute approximate surface area is 117 Å². The molecule has 3 aliphatic rings. The van der Waals surface area contributed by atoms with Gasteiger partial charge in [0, 0.05) is 19.0 Å². The van der Waals surface area contributed by atoms with Crippen molar-refractivity contribution in [3.63, 3.8) is 0 Å². The van der Waals surface area contributed by atoms with Gasteiger partial charge < -0.3 is 4.90 Å². The highest BCUT2D eigenvalue weighted by atomic mass is 16.2. The van der Waals surface area contributed by atoms with Crippen LogP contribution in [0.1, 0.15) is 65.2 Å². The maximum absolute atomic E-state index is 12.6. The molecule has 1 amide bonds. The van der Waals surface area contributed by atoms with Gasteiger partial charge in [-0.3, -0.25) is 4.79 Å². The first-order valence-electron chi connectivity index (χ1n) is 8.49. The smallest absolute Gasteiger partial charge is 0.226 e. The third kappa shape index (κ3) is 2.32. The van der Waals surface area contributed by atoms with Crippen molar-refractivity contribution in [2.45, 2.75) is 65.2 Å². The second-order valence-corrected chi connectivity index (χ2v) is 7.17. The molecule has 0 aromatic rings. The lowest BCUT2D eigenvalue weighted by Crippen LogP contribution is -2.43. The van der Waals surface area contributed by atoms with Gasteiger partial charge in [-0.25, -0.2) is 0 Å². The normalized spacial score (nSPS) is 36.7. The van der Waals surface area contributed by atoms with Crippen LogP contribution in [-0.2, 0) is 4.79 Å². The number of fused-ring (bicyclic) bond motifs is 1. The second-order valence-electron chi connectivity index (χ2n) is 7.17. The predicted octanol–water partition coefficient (Wildman–Crippen LogP) is 3.85. The largest absolute Gasteiger partial charge is 0.342 e. The molecule has 0 radical (unpaired) electrons. The van der Waals surface area contributed by atoms with E-state index in [0.717, 1.165) is 24.9 Å². The molecule has 0 spiro atoms. The van der Waals surface area contributed by atoms with Crippen molar-refractivity contribution in [1.82, 2.24) is 4.90 Å². The molecule has 2 heteroatoms. The molecule has 0 N–H and O–H groups in total. The highest BCUT2D eigenvalue weighted by Gasteiger charge is 2.56. The minimum Gasteiger partial charge on any atom is -0.342 e. The summed E-state index contributed by atoms with van der Waals surface area (Å²) in [4.78, 5) is 14.8. The summed E-state index contributed by atoms with van der Waals surface area (Å²) in [5, 5.41) is 0. The average molecular weight is 263 g/mol. The fourth-order valence-corrected chi connectivity index (χ4v) is 4.73. The molecule has 0 bridgehead atoms. The molecule has 3 fully saturated rings. The minimum atomic E-state index is 0.429. The summed E-state index contributed by atoms with van der Waals surface area (Å²) in [5.41, 5.74) is 0.535. The molecule has 3 rings (SSSR count). The van der Waals surface area contributed by atoms with Gasteiger partial charge in [-0.1, -0.05) is 39.5 Å². The van der Waals surface area contributed by atoms with Gasteiger partial charge in [0.15, 0.2) is 0 Å². The first kappa shape index (κ1) is 13.5. The van der Waals surface area contributed by atoms with Crippen LogP contribution in [0.15, 0.2) is 0 Å². The van der Waals surface area contributed by atoms with Crippen LogP contribution in [0.2, 0.25) is 0 Å². The number of hydrogen-bond donors (Lipinski definition) is 0. The molecule has 2 unspecified atom stereocenters. The first-order chi connectivity index (χ1) is 9.21. The van der Waals surface area contributed by atoms with Crippen LogP contribution in [0.4, 0.5) is 0 Å². The number of piperidine rings is 1. The van der Waals surface area contributed by atoms with E-state index < -0.39 is 0 Å². The van der Waals surface area contributed by atoms with Crippen molar-refractivity contribution in [1.29, 1.82) is 0 Å². The summed E-state index contributed by atoms with van der Waals surface area (Å²) in [7, 11) is 0. The zero-order valence-corrected chi connectivity index (χ0v) is 12.7. The summed E-state index contributed by atoms with van der Waals surface area (Å²) in [5.74, 6) is 2.48. The van der Waals surface area contributed by atoms with E-state index in [0.29, 0.717) is 17.2 Å². The van der Waals surface area contributed by atoms with Gasteiger partial charge in [-0.15, -0.1) is 0 Å². The maximum atomic E-state index is 12.6. The lowest BCUT2D eigenvalue weighted by Gasteiger charge is -2.41. The Morgan fingerprint density at radius 3 is 2.05 bits per heavy atom. The van der Waals surface area contributed by atoms with E-state index in [1.54, 1.807) is 0 Å². The summed E-state index contributed by atoms with van der Waals surface area (Å²) in [6, 6.07) is 0. The highest BCUT2D eigenvalue weighted by molar-refractivity contribution is 5.82. The number of likely N-dealkylation sites (tertiary alicyclic amines) is 1. The number of nitrogens with zero attached hydrogens (tertiary/aromatic N) is 1. The first-order valence-corrected chi connectivity index (χ1v) is 8.49. The number of carbonyl (C=O) groups excluding carboxylic acids is 1. The number of rotatable bonds is 3. The zero-order chi connectivity index (χ0) is 13.5. The molecule has 1 heterocycles. The van der Waals surface area contributed by atoms with Crippen LogP contribution in [0, 0.1) is 23.2 Å². The van der Waals surface area contributed by atoms with Gasteiger partial charge in [0.25, 0.3) is 0 Å². The summed E-state index contributed by atoms with van der Waals surface area (Å²) < 4.78 is 0. The third-order valence-corrected chi connectivity index (χ3v) is 6.58. The SMILES string of the molecule is CCC1(CC)CCN(C(=O)C2C3CCCCC32)CC1. The van der Waals surface area contributed by atoms with Crippen LogP contribution in [0.3, 0.4) is 0 Å². The van der Waals surface area contributed by atoms with E-state index in [9.17, 15) is 4.79 Å². The van der Waals surface area contributed by atoms with Crippen molar-refractivity contribution >= 4 is 5.91 Å². The highest BCUT2D eigenvalue weighted by Crippen LogP contribution is 2.56. The van der Waals surface area contributed by atoms with Gasteiger partial charge in [0.05, 0.1) is 0 Å². The van der Waals surface area contributed by atoms with Gasteiger partial charge in [0.1, 0.15) is 0 Å². The molecule has 2 atom stereocenters. The molecular weight excluding hydrogens is 234 g/mol. The van der Waals surface area contributed by atoms with Gasteiger partial charge in [0.2, 0.25) is 5.91 Å². The Morgan fingerprint density at radius 1 is 1.05 bits per heavy atom.